The minimum atomic E-state index is -0.649. The number of imidazole rings is 1. The lowest BCUT2D eigenvalue weighted by atomic mass is 9.98. The third kappa shape index (κ3) is 6.79. The van der Waals surface area contributed by atoms with Crippen LogP contribution in [-0.2, 0) is 20.8 Å². The molecule has 1 amide bonds. The second-order valence-corrected chi connectivity index (χ2v) is 11.3. The van der Waals surface area contributed by atoms with Crippen molar-refractivity contribution in [2.24, 2.45) is 0 Å². The molecule has 2 aliphatic heterocycles. The molecule has 10 nitrogen and oxygen atoms in total. The summed E-state index contributed by atoms with van der Waals surface area (Å²) in [6.07, 6.45) is 2.38. The van der Waals surface area contributed by atoms with Crippen molar-refractivity contribution in [1.82, 2.24) is 14.5 Å². The van der Waals surface area contributed by atoms with E-state index in [4.69, 9.17) is 14.2 Å². The largest absolute Gasteiger partial charge is 0.445 e. The maximum Gasteiger partial charge on any atom is 0.411 e. The van der Waals surface area contributed by atoms with Crippen molar-refractivity contribution in [2.75, 3.05) is 31.6 Å². The summed E-state index contributed by atoms with van der Waals surface area (Å²) in [5.41, 5.74) is 4.98. The number of aliphatic hydroxyl groups excluding tert-OH is 1. The molecule has 4 aromatic rings. The first-order valence-corrected chi connectivity index (χ1v) is 15.1. The number of benzene rings is 3. The molecule has 44 heavy (non-hydrogen) atoms. The van der Waals surface area contributed by atoms with Crippen molar-refractivity contribution in [3.05, 3.63) is 113 Å². The number of hydrogen-bond donors (Lipinski definition) is 3. The molecule has 1 aromatic heterocycles. The number of H-pyrrole nitrogens is 1. The monoisotopic (exact) mass is 598 g/mol. The fourth-order valence-electron chi connectivity index (χ4n) is 6.17. The zero-order valence-corrected chi connectivity index (χ0v) is 24.6. The van der Waals surface area contributed by atoms with E-state index >= 15 is 0 Å². The smallest absolute Gasteiger partial charge is 0.411 e. The van der Waals surface area contributed by atoms with Crippen molar-refractivity contribution in [3.8, 4) is 0 Å². The van der Waals surface area contributed by atoms with E-state index in [1.54, 1.807) is 6.07 Å². The van der Waals surface area contributed by atoms with Gasteiger partial charge >= 0.3 is 11.8 Å². The Balaban J connectivity index is 1.16. The lowest BCUT2D eigenvalue weighted by molar-refractivity contribution is -0.253. The van der Waals surface area contributed by atoms with Crippen LogP contribution in [0.5, 0.6) is 0 Å². The van der Waals surface area contributed by atoms with E-state index in [1.165, 1.54) is 6.08 Å². The first kappa shape index (κ1) is 29.8. The van der Waals surface area contributed by atoms with E-state index in [9.17, 15) is 14.7 Å². The number of carbonyl (C=O) groups excluding carboxylic acids is 1. The number of likely N-dealkylation sites (tertiary alicyclic amines) is 1. The van der Waals surface area contributed by atoms with Crippen LogP contribution >= 0.6 is 0 Å². The van der Waals surface area contributed by atoms with Gasteiger partial charge in [0, 0.05) is 43.3 Å². The minimum Gasteiger partial charge on any atom is -0.445 e. The van der Waals surface area contributed by atoms with Gasteiger partial charge in [0.15, 0.2) is 6.29 Å². The SMILES string of the molecule is C=CCOC(=O)Nc1cccc([C@H]2O[C@@H](CN3CCC(n4c(=O)[nH]c5ccccc54)CC3)C[C@@H](c3ccc(CO)cc3)O2)c1. The van der Waals surface area contributed by atoms with Gasteiger partial charge in [0.2, 0.25) is 0 Å². The summed E-state index contributed by atoms with van der Waals surface area (Å²) in [5.74, 6) is 0. The van der Waals surface area contributed by atoms with Crippen LogP contribution in [0, 0.1) is 0 Å². The van der Waals surface area contributed by atoms with E-state index in [-0.39, 0.29) is 37.2 Å². The minimum absolute atomic E-state index is 0.0180. The molecule has 0 bridgehead atoms. The first-order valence-electron chi connectivity index (χ1n) is 15.1. The number of rotatable bonds is 9. The molecule has 2 aliphatic rings. The molecule has 3 atom stereocenters. The van der Waals surface area contributed by atoms with Crippen molar-refractivity contribution < 1.29 is 24.1 Å². The molecule has 0 unspecified atom stereocenters. The van der Waals surface area contributed by atoms with Gasteiger partial charge in [-0.05, 0) is 48.2 Å². The summed E-state index contributed by atoms with van der Waals surface area (Å²) >= 11 is 0. The Morgan fingerprint density at radius 2 is 1.84 bits per heavy atom. The number of anilines is 1. The van der Waals surface area contributed by atoms with Gasteiger partial charge < -0.3 is 29.2 Å². The summed E-state index contributed by atoms with van der Waals surface area (Å²) in [4.78, 5) is 30.3. The number of carbonyl (C=O) groups is 1. The van der Waals surface area contributed by atoms with Crippen LogP contribution in [0.25, 0.3) is 11.0 Å². The van der Waals surface area contributed by atoms with Gasteiger partial charge in [-0.25, -0.2) is 9.59 Å². The van der Waals surface area contributed by atoms with Crippen molar-refractivity contribution in [2.45, 2.75) is 50.4 Å². The van der Waals surface area contributed by atoms with Crippen LogP contribution in [0.3, 0.4) is 0 Å². The highest BCUT2D eigenvalue weighted by molar-refractivity contribution is 5.84. The molecule has 230 valence electrons. The first-order chi connectivity index (χ1) is 21.5. The molecular formula is C34H38N4O6. The highest BCUT2D eigenvalue weighted by Gasteiger charge is 2.34. The number of fused-ring (bicyclic) bond motifs is 1. The summed E-state index contributed by atoms with van der Waals surface area (Å²) in [7, 11) is 0. The number of amides is 1. The quantitative estimate of drug-likeness (QED) is 0.220. The lowest BCUT2D eigenvalue weighted by Gasteiger charge is -2.40. The van der Waals surface area contributed by atoms with E-state index in [1.807, 2.05) is 71.3 Å². The van der Waals surface area contributed by atoms with E-state index in [0.29, 0.717) is 12.1 Å². The van der Waals surface area contributed by atoms with Crippen LogP contribution in [0.1, 0.15) is 54.4 Å². The maximum absolute atomic E-state index is 12.8. The standard InChI is InChI=1S/C34H38N4O6/c1-2-18-42-34(41)35-26-7-5-6-25(19-26)32-43-28(20-31(44-32)24-12-10-23(22-39)11-13-24)21-37-16-14-27(15-17-37)38-30-9-4-3-8-29(30)36-33(38)40/h2-13,19,27-28,31-32,39H,1,14-18,20-22H2,(H,35,41)(H,36,40)/t28-,31+,32+/m1/s1. The summed E-state index contributed by atoms with van der Waals surface area (Å²) < 4.78 is 20.0. The van der Waals surface area contributed by atoms with E-state index in [2.05, 4.69) is 21.8 Å². The zero-order chi connectivity index (χ0) is 30.5. The Morgan fingerprint density at radius 1 is 1.05 bits per heavy atom. The van der Waals surface area contributed by atoms with Gasteiger partial charge in [0.1, 0.15) is 6.61 Å². The average molecular weight is 599 g/mol. The number of aromatic nitrogens is 2. The normalized spacial score (nSPS) is 21.2. The van der Waals surface area contributed by atoms with Crippen LogP contribution < -0.4 is 11.0 Å². The lowest BCUT2D eigenvalue weighted by Crippen LogP contribution is -2.43. The highest BCUT2D eigenvalue weighted by atomic mass is 16.7. The third-order valence-electron chi connectivity index (χ3n) is 8.36. The van der Waals surface area contributed by atoms with Gasteiger partial charge in [0.25, 0.3) is 0 Å². The Hall–Kier alpha value is -4.22. The Morgan fingerprint density at radius 3 is 2.61 bits per heavy atom. The third-order valence-corrected chi connectivity index (χ3v) is 8.36. The summed E-state index contributed by atoms with van der Waals surface area (Å²) in [5, 5.41) is 12.3. The zero-order valence-electron chi connectivity index (χ0n) is 24.6. The van der Waals surface area contributed by atoms with Gasteiger partial charge in [0.05, 0.1) is 29.8 Å². The topological polar surface area (TPSA) is 118 Å². The number of nitrogens with zero attached hydrogens (tertiary/aromatic N) is 2. The fraction of sp³-hybridized carbons (Fsp3) is 0.353. The van der Waals surface area contributed by atoms with E-state index < -0.39 is 12.4 Å². The van der Waals surface area contributed by atoms with Crippen LogP contribution in [-0.4, -0.2) is 58.0 Å². The molecule has 0 radical (unpaired) electrons. The van der Waals surface area contributed by atoms with E-state index in [0.717, 1.165) is 60.2 Å². The molecule has 2 saturated heterocycles. The summed E-state index contributed by atoms with van der Waals surface area (Å²) in [6.45, 7) is 6.10. The van der Waals surface area contributed by atoms with Crippen LogP contribution in [0.4, 0.5) is 10.5 Å². The Labute approximate surface area is 255 Å². The molecule has 6 rings (SSSR count). The van der Waals surface area contributed by atoms with Gasteiger partial charge in [-0.1, -0.05) is 61.2 Å². The number of ether oxygens (including phenoxy) is 3. The second-order valence-electron chi connectivity index (χ2n) is 11.3. The van der Waals surface area contributed by atoms with Crippen molar-refractivity contribution >= 4 is 22.8 Å². The maximum atomic E-state index is 12.8. The highest BCUT2D eigenvalue weighted by Crippen LogP contribution is 2.39. The number of para-hydroxylation sites is 2. The molecule has 0 saturated carbocycles. The molecule has 0 spiro atoms. The van der Waals surface area contributed by atoms with Crippen LogP contribution in [0.2, 0.25) is 0 Å². The molecule has 3 heterocycles. The van der Waals surface area contributed by atoms with Crippen molar-refractivity contribution in [3.63, 3.8) is 0 Å². The van der Waals surface area contributed by atoms with Gasteiger partial charge in [-0.15, -0.1) is 0 Å². The molecule has 3 aromatic carbocycles. The summed E-state index contributed by atoms with van der Waals surface area (Å²) in [6, 6.07) is 23.2. The predicted molar refractivity (Wildman–Crippen MR) is 167 cm³/mol. The molecular weight excluding hydrogens is 560 g/mol. The number of aliphatic hydroxyl groups is 1. The molecule has 3 N–H and O–H groups in total. The fourth-order valence-corrected chi connectivity index (χ4v) is 6.17. The van der Waals surface area contributed by atoms with Crippen molar-refractivity contribution in [1.29, 1.82) is 0 Å². The Bertz CT molecular complexity index is 1640. The molecule has 10 heteroatoms. The van der Waals surface area contributed by atoms with Crippen LogP contribution in [0.15, 0.2) is 90.2 Å². The predicted octanol–water partition coefficient (Wildman–Crippen LogP) is 5.44. The Kier molecular flexibility index (Phi) is 9.23. The number of nitrogens with one attached hydrogen (secondary N) is 2. The van der Waals surface area contributed by atoms with Gasteiger partial charge in [-0.3, -0.25) is 9.88 Å². The molecule has 2 fully saturated rings. The number of hydrogen-bond acceptors (Lipinski definition) is 7. The number of aromatic amines is 1. The average Bonchev–Trinajstić information content (AvgIpc) is 3.39. The number of piperidine rings is 1. The second kappa shape index (κ2) is 13.6. The molecule has 0 aliphatic carbocycles. The van der Waals surface area contributed by atoms with Gasteiger partial charge in [-0.2, -0.15) is 0 Å².